The summed E-state index contributed by atoms with van der Waals surface area (Å²) in [5, 5.41) is 56.0. The minimum Gasteiger partial charge on any atom is -0.237 e. The summed E-state index contributed by atoms with van der Waals surface area (Å²) in [4.78, 5) is 3.14. The van der Waals surface area contributed by atoms with Crippen molar-refractivity contribution in [3.63, 3.8) is 0 Å². The van der Waals surface area contributed by atoms with Gasteiger partial charge in [0.2, 0.25) is 0 Å². The summed E-state index contributed by atoms with van der Waals surface area (Å²) >= 11 is 0. The van der Waals surface area contributed by atoms with E-state index in [1.54, 1.807) is 36.4 Å². The molecule has 0 saturated carbocycles. The third-order valence-electron chi connectivity index (χ3n) is 3.54. The second kappa shape index (κ2) is 6.13. The third kappa shape index (κ3) is 2.01. The zero-order valence-corrected chi connectivity index (χ0v) is 12.2. The van der Waals surface area contributed by atoms with Crippen LogP contribution in [0.4, 0.5) is 5.69 Å². The van der Waals surface area contributed by atoms with Crippen molar-refractivity contribution in [2.45, 2.75) is 0 Å². The van der Waals surface area contributed by atoms with Crippen LogP contribution in [0.15, 0.2) is 0 Å². The van der Waals surface area contributed by atoms with E-state index in [1.165, 1.54) is 0 Å². The van der Waals surface area contributed by atoms with E-state index in [0.29, 0.717) is 0 Å². The van der Waals surface area contributed by atoms with Crippen molar-refractivity contribution in [3.8, 4) is 36.4 Å². The average Bonchev–Trinajstić information content (AvgIpc) is 2.64. The molecule has 2 aromatic carbocycles. The highest BCUT2D eigenvalue weighted by atomic mass is 14.7. The van der Waals surface area contributed by atoms with Crippen molar-refractivity contribution in [2.75, 3.05) is 0 Å². The second-order valence-electron chi connectivity index (χ2n) is 4.54. The van der Waals surface area contributed by atoms with Crippen LogP contribution in [0.5, 0.6) is 0 Å². The van der Waals surface area contributed by atoms with Crippen LogP contribution in [0.1, 0.15) is 33.4 Å². The topological polar surface area (TPSA) is 147 Å². The van der Waals surface area contributed by atoms with Crippen LogP contribution in [0.25, 0.3) is 15.6 Å². The summed E-state index contributed by atoms with van der Waals surface area (Å²) < 4.78 is 0. The molecule has 0 aliphatic heterocycles. The maximum Gasteiger partial charge on any atom is 0.200 e. The molecule has 0 aromatic heterocycles. The van der Waals surface area contributed by atoms with Crippen molar-refractivity contribution in [3.05, 3.63) is 44.8 Å². The van der Waals surface area contributed by atoms with Gasteiger partial charge in [-0.2, -0.15) is 31.6 Å². The minimum absolute atomic E-state index is 0.182. The third-order valence-corrected chi connectivity index (χ3v) is 3.54. The molecule has 0 unspecified atom stereocenters. The molecule has 0 spiro atoms. The highest BCUT2D eigenvalue weighted by molar-refractivity contribution is 6.40. The van der Waals surface area contributed by atoms with Gasteiger partial charge in [0.25, 0.3) is 0 Å². The van der Waals surface area contributed by atoms with Crippen LogP contribution < -0.4 is 5.46 Å². The van der Waals surface area contributed by atoms with Crippen molar-refractivity contribution in [1.29, 1.82) is 31.6 Å². The maximum atomic E-state index is 9.45. The Kier molecular flexibility index (Phi) is 4.06. The van der Waals surface area contributed by atoms with E-state index < -0.39 is 5.56 Å². The molecule has 8 heteroatoms. The zero-order valence-electron chi connectivity index (χ0n) is 12.2. The fraction of sp³-hybridized carbons (Fsp3) is 0. The number of fused-ring (bicyclic) bond motifs is 1. The van der Waals surface area contributed by atoms with Crippen molar-refractivity contribution >= 4 is 29.8 Å². The first kappa shape index (κ1) is 16.6. The molecule has 2 rings (SSSR count). The molecule has 0 saturated heterocycles. The fourth-order valence-electron chi connectivity index (χ4n) is 2.54. The molecular formula is C17BN7. The summed E-state index contributed by atoms with van der Waals surface area (Å²) in [6.45, 7) is 7.20. The van der Waals surface area contributed by atoms with E-state index in [4.69, 9.17) is 14.4 Å². The van der Waals surface area contributed by atoms with Crippen LogP contribution in [-0.2, 0) is 0 Å². The molecule has 0 aliphatic rings. The Labute approximate surface area is 143 Å². The lowest BCUT2D eigenvalue weighted by molar-refractivity contribution is 1.38. The molecule has 0 fully saturated rings. The van der Waals surface area contributed by atoms with E-state index in [2.05, 4.69) is 4.85 Å². The number of nitrogens with zero attached hydrogens (tertiary/aromatic N) is 7. The molecule has 0 N–H and O–H groups in total. The van der Waals surface area contributed by atoms with E-state index in [-0.39, 0.29) is 49.7 Å². The van der Waals surface area contributed by atoms with Gasteiger partial charge in [-0.3, -0.25) is 0 Å². The van der Waals surface area contributed by atoms with Gasteiger partial charge in [0.05, 0.1) is 54.4 Å². The van der Waals surface area contributed by atoms with E-state index in [9.17, 15) is 31.6 Å². The standard InChI is InChI=1S/C17BN7/c1-25-17-13(7-24)15-11(5-22)9(3-20)8(2-19)10(4-21)14(15)12(6-23)16(17)18. The van der Waals surface area contributed by atoms with E-state index >= 15 is 0 Å². The number of benzene rings is 2. The normalized spacial score (nSPS) is 8.68. The number of hydrogen-bond donors (Lipinski definition) is 0. The molecule has 2 aromatic rings. The van der Waals surface area contributed by atoms with Gasteiger partial charge < -0.3 is 0 Å². The Morgan fingerprint density at radius 1 is 0.600 bits per heavy atom. The van der Waals surface area contributed by atoms with Crippen LogP contribution in [-0.4, -0.2) is 7.85 Å². The summed E-state index contributed by atoms with van der Waals surface area (Å²) in [6, 6.07) is 10.3. The SMILES string of the molecule is [B]c1c([N+]#[C-])c(C#N)c2c(C#N)c(C#N)c(C#N)c(C#N)c2c1C#N. The van der Waals surface area contributed by atoms with Crippen molar-refractivity contribution in [2.24, 2.45) is 0 Å². The fourth-order valence-corrected chi connectivity index (χ4v) is 2.54. The molecule has 0 atom stereocenters. The van der Waals surface area contributed by atoms with Crippen LogP contribution in [0.3, 0.4) is 0 Å². The second-order valence-corrected chi connectivity index (χ2v) is 4.54. The minimum atomic E-state index is -0.393. The van der Waals surface area contributed by atoms with Gasteiger partial charge in [-0.05, 0) is 0 Å². The lowest BCUT2D eigenvalue weighted by Gasteiger charge is -2.14. The zero-order chi connectivity index (χ0) is 18.7. The van der Waals surface area contributed by atoms with Crippen molar-refractivity contribution < 1.29 is 0 Å². The molecular weight excluding hydrogens is 313 g/mol. The van der Waals surface area contributed by atoms with Gasteiger partial charge in [-0.25, -0.2) is 4.85 Å². The van der Waals surface area contributed by atoms with Gasteiger partial charge in [-0.15, -0.1) is 0 Å². The van der Waals surface area contributed by atoms with E-state index in [1.807, 2.05) is 0 Å². The summed E-state index contributed by atoms with van der Waals surface area (Å²) in [6.07, 6.45) is 0. The monoisotopic (exact) mass is 313 g/mol. The van der Waals surface area contributed by atoms with Gasteiger partial charge >= 0.3 is 0 Å². The number of rotatable bonds is 0. The Bertz CT molecular complexity index is 1270. The smallest absolute Gasteiger partial charge is 0.200 e. The first-order chi connectivity index (χ1) is 12.1. The predicted octanol–water partition coefficient (Wildman–Crippen LogP) is 1.41. The molecule has 0 amide bonds. The molecule has 25 heavy (non-hydrogen) atoms. The maximum absolute atomic E-state index is 9.45. The molecule has 2 radical (unpaired) electrons. The molecule has 106 valence electrons. The lowest BCUT2D eigenvalue weighted by atomic mass is 9.79. The van der Waals surface area contributed by atoms with Gasteiger partial charge in [0.1, 0.15) is 24.3 Å². The highest BCUT2D eigenvalue weighted by Gasteiger charge is 2.27. The summed E-state index contributed by atoms with van der Waals surface area (Å²) in [7, 11) is 5.80. The number of hydrogen-bond acceptors (Lipinski definition) is 6. The molecule has 0 bridgehead atoms. The molecule has 7 nitrogen and oxygen atoms in total. The van der Waals surface area contributed by atoms with Crippen LogP contribution in [0, 0.1) is 74.6 Å². The highest BCUT2D eigenvalue weighted by Crippen LogP contribution is 2.37. The van der Waals surface area contributed by atoms with Gasteiger partial charge in [0.15, 0.2) is 5.69 Å². The Hall–Kier alpha value is -4.81. The predicted molar refractivity (Wildman–Crippen MR) is 83.9 cm³/mol. The Morgan fingerprint density at radius 2 is 0.960 bits per heavy atom. The number of nitriles is 6. The Morgan fingerprint density at radius 3 is 1.28 bits per heavy atom. The summed E-state index contributed by atoms with van der Waals surface area (Å²) in [5.74, 6) is 0. The summed E-state index contributed by atoms with van der Waals surface area (Å²) in [5.41, 5.74) is -2.77. The van der Waals surface area contributed by atoms with E-state index in [0.717, 1.165) is 0 Å². The molecule has 0 heterocycles. The van der Waals surface area contributed by atoms with Gasteiger partial charge in [0, 0.05) is 16.3 Å². The first-order valence-corrected chi connectivity index (χ1v) is 6.33. The largest absolute Gasteiger partial charge is 0.237 e. The quantitative estimate of drug-likeness (QED) is 0.530. The van der Waals surface area contributed by atoms with Gasteiger partial charge in [-0.1, -0.05) is 5.46 Å². The van der Waals surface area contributed by atoms with Crippen molar-refractivity contribution in [1.82, 2.24) is 0 Å². The average molecular weight is 313 g/mol. The molecule has 0 aliphatic carbocycles. The van der Waals surface area contributed by atoms with Crippen LogP contribution in [0.2, 0.25) is 0 Å². The first-order valence-electron chi connectivity index (χ1n) is 6.33. The van der Waals surface area contributed by atoms with Crippen LogP contribution >= 0.6 is 0 Å². The lowest BCUT2D eigenvalue weighted by Crippen LogP contribution is -2.13. The Balaban J connectivity index is 3.58.